The lowest BCUT2D eigenvalue weighted by molar-refractivity contribution is 0.713. The Bertz CT molecular complexity index is 2780. The molecule has 11 rings (SSSR count). The highest BCUT2D eigenvalue weighted by atomic mass is 32.1. The highest BCUT2D eigenvalue weighted by molar-refractivity contribution is 7.26. The first kappa shape index (κ1) is 31.3. The highest BCUT2D eigenvalue weighted by Crippen LogP contribution is 2.57. The van der Waals surface area contributed by atoms with Gasteiger partial charge in [0.1, 0.15) is 0 Å². The number of hydrogen-bond acceptors (Lipinski definition) is 2. The van der Waals surface area contributed by atoms with Crippen molar-refractivity contribution >= 4 is 48.6 Å². The summed E-state index contributed by atoms with van der Waals surface area (Å²) in [6.07, 6.45) is 0. The van der Waals surface area contributed by atoms with E-state index < -0.39 is 0 Å². The molecule has 0 amide bonds. The molecule has 8 aromatic carbocycles. The number of benzene rings is 8. The van der Waals surface area contributed by atoms with Gasteiger partial charge in [0, 0.05) is 37.7 Å². The number of fused-ring (bicyclic) bond motifs is 9. The third-order valence-electron chi connectivity index (χ3n) is 12.4. The van der Waals surface area contributed by atoms with Crippen LogP contribution in [0.3, 0.4) is 0 Å². The van der Waals surface area contributed by atoms with Gasteiger partial charge in [-0.25, -0.2) is 0 Å². The van der Waals surface area contributed by atoms with Gasteiger partial charge < -0.3 is 4.90 Å². The third kappa shape index (κ3) is 4.26. The van der Waals surface area contributed by atoms with Crippen LogP contribution in [0.1, 0.15) is 47.2 Å². The quantitative estimate of drug-likeness (QED) is 0.172. The van der Waals surface area contributed by atoms with Crippen LogP contribution in [0.15, 0.2) is 188 Å². The Morgan fingerprint density at radius 2 is 0.852 bits per heavy atom. The van der Waals surface area contributed by atoms with E-state index in [9.17, 15) is 0 Å². The van der Waals surface area contributed by atoms with Gasteiger partial charge in [-0.15, -0.1) is 11.3 Å². The fraction of sp³-hybridized carbons (Fsp3) is 0.0769. The Labute approximate surface area is 320 Å². The lowest BCUT2D eigenvalue weighted by Crippen LogP contribution is -2.23. The van der Waals surface area contributed by atoms with Crippen LogP contribution >= 0.6 is 11.3 Å². The van der Waals surface area contributed by atoms with Crippen LogP contribution in [-0.2, 0) is 10.8 Å². The molecule has 9 aromatic rings. The predicted molar refractivity (Wildman–Crippen MR) is 229 cm³/mol. The first-order valence-corrected chi connectivity index (χ1v) is 19.7. The van der Waals surface area contributed by atoms with E-state index in [1.54, 1.807) is 0 Å². The van der Waals surface area contributed by atoms with Gasteiger partial charge in [-0.2, -0.15) is 0 Å². The van der Waals surface area contributed by atoms with E-state index in [1.807, 2.05) is 11.3 Å². The maximum Gasteiger partial charge on any atom is 0.0640 e. The van der Waals surface area contributed by atoms with Crippen LogP contribution in [0.25, 0.3) is 42.4 Å². The van der Waals surface area contributed by atoms with Crippen molar-refractivity contribution < 1.29 is 0 Å². The number of thiophene rings is 1. The molecule has 54 heavy (non-hydrogen) atoms. The lowest BCUT2D eigenvalue weighted by Gasteiger charge is -2.32. The van der Waals surface area contributed by atoms with Crippen LogP contribution in [0.5, 0.6) is 0 Å². The van der Waals surface area contributed by atoms with Crippen molar-refractivity contribution in [3.8, 4) is 22.3 Å². The molecule has 0 fully saturated rings. The van der Waals surface area contributed by atoms with Gasteiger partial charge in [0.2, 0.25) is 0 Å². The molecule has 0 aliphatic heterocycles. The molecule has 0 saturated heterocycles. The van der Waals surface area contributed by atoms with Crippen molar-refractivity contribution in [1.29, 1.82) is 0 Å². The van der Waals surface area contributed by atoms with E-state index >= 15 is 0 Å². The molecule has 2 atom stereocenters. The smallest absolute Gasteiger partial charge is 0.0640 e. The highest BCUT2D eigenvalue weighted by Gasteiger charge is 2.43. The van der Waals surface area contributed by atoms with Crippen molar-refractivity contribution in [1.82, 2.24) is 0 Å². The second kappa shape index (κ2) is 11.6. The molecule has 1 nitrogen and oxygen atoms in total. The molecule has 256 valence electrons. The normalized spacial score (nSPS) is 18.0. The van der Waals surface area contributed by atoms with Gasteiger partial charge in [-0.1, -0.05) is 152 Å². The molecule has 0 radical (unpaired) electrons. The first-order chi connectivity index (χ1) is 26.5. The summed E-state index contributed by atoms with van der Waals surface area (Å²) in [5, 5.41) is 2.60. The zero-order valence-electron chi connectivity index (χ0n) is 30.3. The van der Waals surface area contributed by atoms with Crippen molar-refractivity contribution in [2.75, 3.05) is 4.90 Å². The van der Waals surface area contributed by atoms with Crippen LogP contribution in [0.2, 0.25) is 0 Å². The van der Waals surface area contributed by atoms with E-state index in [0.29, 0.717) is 0 Å². The molecule has 2 aliphatic carbocycles. The van der Waals surface area contributed by atoms with Gasteiger partial charge in [-0.05, 0) is 106 Å². The van der Waals surface area contributed by atoms with E-state index in [1.165, 1.54) is 81.5 Å². The van der Waals surface area contributed by atoms with Gasteiger partial charge in [0.05, 0.1) is 10.4 Å². The first-order valence-electron chi connectivity index (χ1n) is 18.9. The molecule has 1 aromatic heterocycles. The van der Waals surface area contributed by atoms with Crippen LogP contribution in [-0.4, -0.2) is 0 Å². The lowest BCUT2D eigenvalue weighted by atomic mass is 9.74. The Hall–Kier alpha value is -6.22. The summed E-state index contributed by atoms with van der Waals surface area (Å²) in [7, 11) is 0. The summed E-state index contributed by atoms with van der Waals surface area (Å²) in [5.74, 6) is 0. The number of nitrogens with zero attached hydrogens (tertiary/aromatic N) is 1. The van der Waals surface area contributed by atoms with Crippen LogP contribution in [0.4, 0.5) is 17.1 Å². The fourth-order valence-corrected chi connectivity index (χ4v) is 10.9. The fourth-order valence-electron chi connectivity index (χ4n) is 9.74. The van der Waals surface area contributed by atoms with E-state index in [0.717, 1.165) is 11.4 Å². The van der Waals surface area contributed by atoms with E-state index in [2.05, 4.69) is 207 Å². The van der Waals surface area contributed by atoms with Gasteiger partial charge in [-0.3, -0.25) is 0 Å². The Kier molecular flexibility index (Phi) is 6.75. The van der Waals surface area contributed by atoms with E-state index in [4.69, 9.17) is 0 Å². The topological polar surface area (TPSA) is 3.24 Å². The molecular formula is C52H37NS. The van der Waals surface area contributed by atoms with Crippen LogP contribution < -0.4 is 4.90 Å². The molecular weight excluding hydrogens is 671 g/mol. The zero-order valence-corrected chi connectivity index (χ0v) is 31.1. The van der Waals surface area contributed by atoms with Gasteiger partial charge in [0.15, 0.2) is 0 Å². The monoisotopic (exact) mass is 707 g/mol. The molecule has 0 N–H and O–H groups in total. The van der Waals surface area contributed by atoms with E-state index in [-0.39, 0.29) is 10.8 Å². The average molecular weight is 708 g/mol. The van der Waals surface area contributed by atoms with Crippen LogP contribution in [0, 0.1) is 0 Å². The molecule has 0 saturated carbocycles. The molecule has 1 heterocycles. The number of hydrogen-bond donors (Lipinski definition) is 0. The maximum absolute atomic E-state index is 2.53. The minimum absolute atomic E-state index is 0.302. The van der Waals surface area contributed by atoms with Crippen molar-refractivity contribution in [3.63, 3.8) is 0 Å². The summed E-state index contributed by atoms with van der Waals surface area (Å²) < 4.78 is 2.60. The second-order valence-corrected chi connectivity index (χ2v) is 16.2. The van der Waals surface area contributed by atoms with Gasteiger partial charge >= 0.3 is 0 Å². The number of rotatable bonds is 5. The van der Waals surface area contributed by atoms with Gasteiger partial charge in [0.25, 0.3) is 0 Å². The summed E-state index contributed by atoms with van der Waals surface area (Å²) in [4.78, 5) is 2.53. The summed E-state index contributed by atoms with van der Waals surface area (Å²) >= 11 is 1.89. The Balaban J connectivity index is 1.19. The average Bonchev–Trinajstić information content (AvgIpc) is 3.84. The standard InChI is InChI=1S/C52H37NS/c1-51(34-16-5-3-6-17-34)44-24-12-9-20-38(44)40-30-28-36(32-46(40)51)53(48-26-15-23-43-42-22-11-14-27-49(42)54-50(43)48)37-29-31-41-39-21-10-13-25-45(39)52(2,47(41)33-37)35-18-7-4-8-19-35/h3-33H,1-2H3. The third-order valence-corrected chi connectivity index (χ3v) is 13.6. The molecule has 2 heteroatoms. The molecule has 2 aliphatic rings. The predicted octanol–water partition coefficient (Wildman–Crippen LogP) is 14.2. The molecule has 0 bridgehead atoms. The SMILES string of the molecule is CC1(c2ccccc2)c2ccccc2-c2ccc(N(c3ccc4c(c3)C(C)(c3ccccc3)c3ccccc3-4)c3cccc4c3sc3ccccc34)cc21. The van der Waals surface area contributed by atoms with Crippen molar-refractivity contribution in [3.05, 3.63) is 221 Å². The van der Waals surface area contributed by atoms with Crippen molar-refractivity contribution in [2.45, 2.75) is 24.7 Å². The minimum Gasteiger partial charge on any atom is -0.309 e. The number of anilines is 3. The maximum atomic E-state index is 2.53. The summed E-state index contributed by atoms with van der Waals surface area (Å²) in [5.41, 5.74) is 16.2. The molecule has 0 spiro atoms. The Morgan fingerprint density at radius 1 is 0.389 bits per heavy atom. The summed E-state index contributed by atoms with van der Waals surface area (Å²) in [6, 6.07) is 70.1. The molecule has 2 unspecified atom stereocenters. The summed E-state index contributed by atoms with van der Waals surface area (Å²) in [6.45, 7) is 4.82. The second-order valence-electron chi connectivity index (χ2n) is 15.1. The zero-order chi connectivity index (χ0) is 36.0. The Morgan fingerprint density at radius 3 is 1.43 bits per heavy atom. The van der Waals surface area contributed by atoms with Crippen molar-refractivity contribution in [2.24, 2.45) is 0 Å². The largest absolute Gasteiger partial charge is 0.309 e. The minimum atomic E-state index is -0.302.